The second-order valence-corrected chi connectivity index (χ2v) is 13.1. The van der Waals surface area contributed by atoms with Crippen LogP contribution in [-0.2, 0) is 16.0 Å². The SMILES string of the molecule is CCCC(=N)C(=O)CCc1ccc(C(C)=N/C(C2=C(C)CC(C)C(CC(=O)c3ccc(C)o3)CC2)=C2\CCCCOCC2)cc1. The Balaban J connectivity index is 1.56. The molecule has 1 saturated heterocycles. The topological polar surface area (TPSA) is 92.7 Å². The summed E-state index contributed by atoms with van der Waals surface area (Å²) in [5.41, 5.74) is 8.60. The number of carbonyl (C=O) groups excluding carboxylic acids is 2. The minimum Gasteiger partial charge on any atom is -0.458 e. The molecule has 1 aromatic carbocycles. The second kappa shape index (κ2) is 16.8. The molecule has 2 heterocycles. The van der Waals surface area contributed by atoms with Crippen molar-refractivity contribution in [2.45, 2.75) is 112 Å². The van der Waals surface area contributed by atoms with Crippen molar-refractivity contribution < 1.29 is 18.7 Å². The zero-order valence-corrected chi connectivity index (χ0v) is 28.1. The standard InChI is InChI=1S/C39H52N2O4/c1-6-9-35(40)36(42)19-14-30-12-15-31(16-13-30)29(5)41-39(32-10-7-8-22-44-23-21-32)34-18-17-33(26(2)24-27(34)3)25-37(43)38-20-11-28(4)45-38/h11-13,15-16,20,26,33,40H,6-10,14,17-19,21-25H2,1-5H3/b39-32+,40-35?,41-29?. The fourth-order valence-corrected chi connectivity index (χ4v) is 6.65. The van der Waals surface area contributed by atoms with E-state index in [0.29, 0.717) is 37.4 Å². The minimum absolute atomic E-state index is 0.0536. The van der Waals surface area contributed by atoms with Crippen molar-refractivity contribution in [2.24, 2.45) is 16.8 Å². The van der Waals surface area contributed by atoms with E-state index in [1.54, 1.807) is 6.07 Å². The lowest BCUT2D eigenvalue weighted by Crippen LogP contribution is -2.15. The first-order valence-corrected chi connectivity index (χ1v) is 17.0. The fourth-order valence-electron chi connectivity index (χ4n) is 6.65. The van der Waals surface area contributed by atoms with Crippen LogP contribution in [0, 0.1) is 24.2 Å². The summed E-state index contributed by atoms with van der Waals surface area (Å²) in [6.45, 7) is 12.0. The van der Waals surface area contributed by atoms with Gasteiger partial charge in [-0.25, -0.2) is 0 Å². The monoisotopic (exact) mass is 612 g/mol. The summed E-state index contributed by atoms with van der Waals surface area (Å²) in [5.74, 6) is 1.97. The van der Waals surface area contributed by atoms with E-state index in [1.807, 2.05) is 19.9 Å². The van der Waals surface area contributed by atoms with E-state index in [4.69, 9.17) is 19.6 Å². The summed E-state index contributed by atoms with van der Waals surface area (Å²) in [5, 5.41) is 7.93. The average Bonchev–Trinajstić information content (AvgIpc) is 3.39. The Bertz CT molecular complexity index is 1430. The van der Waals surface area contributed by atoms with Gasteiger partial charge >= 0.3 is 0 Å². The molecule has 0 amide bonds. The van der Waals surface area contributed by atoms with Gasteiger partial charge in [-0.2, -0.15) is 0 Å². The number of Topliss-reactive ketones (excluding diaryl/α,β-unsaturated/α-hetero) is 2. The average molecular weight is 613 g/mol. The Kier molecular flexibility index (Phi) is 12.9. The van der Waals surface area contributed by atoms with Crippen molar-refractivity contribution in [1.82, 2.24) is 0 Å². The lowest BCUT2D eigenvalue weighted by Gasteiger charge is -2.20. The predicted molar refractivity (Wildman–Crippen MR) is 183 cm³/mol. The summed E-state index contributed by atoms with van der Waals surface area (Å²) >= 11 is 0. The van der Waals surface area contributed by atoms with Gasteiger partial charge in [0.1, 0.15) is 5.76 Å². The van der Waals surface area contributed by atoms with Gasteiger partial charge in [0.15, 0.2) is 17.3 Å². The number of carbonyl (C=O) groups is 2. The minimum atomic E-state index is -0.0536. The second-order valence-electron chi connectivity index (χ2n) is 13.1. The zero-order chi connectivity index (χ0) is 32.3. The Morgan fingerprint density at radius 1 is 0.978 bits per heavy atom. The number of nitrogens with one attached hydrogen (secondary N) is 1. The smallest absolute Gasteiger partial charge is 0.198 e. The molecule has 2 aromatic rings. The van der Waals surface area contributed by atoms with E-state index in [1.165, 1.54) is 16.7 Å². The predicted octanol–water partition coefficient (Wildman–Crippen LogP) is 9.59. The molecule has 2 unspecified atom stereocenters. The number of furan rings is 1. The molecular weight excluding hydrogens is 560 g/mol. The summed E-state index contributed by atoms with van der Waals surface area (Å²) < 4.78 is 11.6. The molecule has 6 heteroatoms. The maximum Gasteiger partial charge on any atom is 0.198 e. The van der Waals surface area contributed by atoms with E-state index in [-0.39, 0.29) is 23.2 Å². The van der Waals surface area contributed by atoms with Gasteiger partial charge in [-0.15, -0.1) is 0 Å². The molecule has 0 bridgehead atoms. The molecule has 1 aliphatic carbocycles. The van der Waals surface area contributed by atoms with Crippen LogP contribution in [-0.4, -0.2) is 36.2 Å². The van der Waals surface area contributed by atoms with Crippen LogP contribution in [0.25, 0.3) is 0 Å². The summed E-state index contributed by atoms with van der Waals surface area (Å²) in [6, 6.07) is 12.0. The molecule has 2 aliphatic rings. The summed E-state index contributed by atoms with van der Waals surface area (Å²) in [6.07, 6.45) is 9.79. The first-order chi connectivity index (χ1) is 21.7. The number of nitrogens with zero attached hydrogens (tertiary/aromatic N) is 1. The van der Waals surface area contributed by atoms with E-state index < -0.39 is 0 Å². The van der Waals surface area contributed by atoms with Gasteiger partial charge in [0.25, 0.3) is 0 Å². The Labute approximate surface area is 269 Å². The Hall–Kier alpha value is -3.38. The number of rotatable bonds is 12. The summed E-state index contributed by atoms with van der Waals surface area (Å²) in [4.78, 5) is 30.7. The lowest BCUT2D eigenvalue weighted by atomic mass is 9.84. The number of hydrogen-bond acceptors (Lipinski definition) is 6. The van der Waals surface area contributed by atoms with Crippen LogP contribution in [0.3, 0.4) is 0 Å². The van der Waals surface area contributed by atoms with Crippen LogP contribution >= 0.6 is 0 Å². The number of allylic oxidation sites excluding steroid dienone is 2. The van der Waals surface area contributed by atoms with E-state index in [9.17, 15) is 9.59 Å². The normalized spacial score (nSPS) is 21.1. The van der Waals surface area contributed by atoms with Gasteiger partial charge in [0.05, 0.1) is 18.0 Å². The summed E-state index contributed by atoms with van der Waals surface area (Å²) in [7, 11) is 0. The molecule has 0 radical (unpaired) electrons. The van der Waals surface area contributed by atoms with Crippen LogP contribution in [0.15, 0.2) is 68.2 Å². The Morgan fingerprint density at radius 2 is 1.76 bits per heavy atom. The molecule has 6 nitrogen and oxygen atoms in total. The van der Waals surface area contributed by atoms with Crippen LogP contribution in [0.5, 0.6) is 0 Å². The van der Waals surface area contributed by atoms with Gasteiger partial charge in [0.2, 0.25) is 0 Å². The first-order valence-electron chi connectivity index (χ1n) is 17.0. The fraction of sp³-hybridized carbons (Fsp3) is 0.538. The number of ether oxygens (including phenoxy) is 1. The van der Waals surface area contributed by atoms with Crippen LogP contribution < -0.4 is 0 Å². The molecule has 1 fully saturated rings. The number of aryl methyl sites for hydroxylation is 2. The van der Waals surface area contributed by atoms with Gasteiger partial charge in [0, 0.05) is 25.2 Å². The number of hydrogen-bond donors (Lipinski definition) is 1. The molecule has 2 atom stereocenters. The van der Waals surface area contributed by atoms with E-state index in [0.717, 1.165) is 92.9 Å². The number of benzene rings is 1. The lowest BCUT2D eigenvalue weighted by molar-refractivity contribution is -0.113. The quantitative estimate of drug-likeness (QED) is 0.191. The third kappa shape index (κ3) is 9.80. The highest BCUT2D eigenvalue weighted by molar-refractivity contribution is 6.38. The maximum absolute atomic E-state index is 13.1. The highest BCUT2D eigenvalue weighted by atomic mass is 16.5. The van der Waals surface area contributed by atoms with Crippen molar-refractivity contribution in [3.8, 4) is 0 Å². The molecule has 242 valence electrons. The van der Waals surface area contributed by atoms with Gasteiger partial charge in [-0.05, 0) is 125 Å². The van der Waals surface area contributed by atoms with Crippen molar-refractivity contribution >= 4 is 23.0 Å². The van der Waals surface area contributed by atoms with Crippen molar-refractivity contribution in [2.75, 3.05) is 13.2 Å². The molecule has 1 N–H and O–H groups in total. The molecule has 0 spiro atoms. The molecule has 0 saturated carbocycles. The number of ketones is 2. The molecule has 45 heavy (non-hydrogen) atoms. The van der Waals surface area contributed by atoms with Crippen LogP contribution in [0.2, 0.25) is 0 Å². The molecule has 1 aliphatic heterocycles. The third-order valence-electron chi connectivity index (χ3n) is 9.49. The molecular formula is C39H52N2O4. The first kappa shape index (κ1) is 34.5. The van der Waals surface area contributed by atoms with Crippen molar-refractivity contribution in [3.05, 3.63) is 81.5 Å². The maximum atomic E-state index is 13.1. The van der Waals surface area contributed by atoms with E-state index in [2.05, 4.69) is 45.0 Å². The molecule has 4 rings (SSSR count). The third-order valence-corrected chi connectivity index (χ3v) is 9.49. The van der Waals surface area contributed by atoms with E-state index >= 15 is 0 Å². The highest BCUT2D eigenvalue weighted by Crippen LogP contribution is 2.39. The largest absolute Gasteiger partial charge is 0.458 e. The zero-order valence-electron chi connectivity index (χ0n) is 28.1. The Morgan fingerprint density at radius 3 is 2.47 bits per heavy atom. The van der Waals surface area contributed by atoms with Gasteiger partial charge in [-0.1, -0.05) is 50.1 Å². The highest BCUT2D eigenvalue weighted by Gasteiger charge is 2.28. The van der Waals surface area contributed by atoms with Gasteiger partial charge in [-0.3, -0.25) is 14.6 Å². The van der Waals surface area contributed by atoms with Crippen molar-refractivity contribution in [1.29, 1.82) is 5.41 Å². The van der Waals surface area contributed by atoms with Crippen LogP contribution in [0.1, 0.15) is 126 Å². The van der Waals surface area contributed by atoms with Crippen molar-refractivity contribution in [3.63, 3.8) is 0 Å². The molecule has 1 aromatic heterocycles. The van der Waals surface area contributed by atoms with Crippen LogP contribution in [0.4, 0.5) is 0 Å². The van der Waals surface area contributed by atoms with Gasteiger partial charge < -0.3 is 14.6 Å². The number of aliphatic imine (C=N–C) groups is 1.